The summed E-state index contributed by atoms with van der Waals surface area (Å²) in [7, 11) is 0. The van der Waals surface area contributed by atoms with Gasteiger partial charge in [0, 0.05) is 16.3 Å². The molecular formula is C13H9NS. The number of benzene rings is 1. The molecule has 72 valence electrons. The minimum Gasteiger partial charge on any atom is -0.255 e. The molecule has 0 bridgehead atoms. The van der Waals surface area contributed by atoms with Gasteiger partial charge >= 0.3 is 0 Å². The third-order valence-electron chi connectivity index (χ3n) is 2.49. The summed E-state index contributed by atoms with van der Waals surface area (Å²) >= 11 is 1.78. The molecule has 0 fully saturated rings. The maximum Gasteiger partial charge on any atom is 0.0888 e. The summed E-state index contributed by atoms with van der Waals surface area (Å²) in [5.41, 5.74) is 2.24. The molecule has 0 aliphatic carbocycles. The van der Waals surface area contributed by atoms with Crippen molar-refractivity contribution in [3.63, 3.8) is 0 Å². The van der Waals surface area contributed by atoms with Gasteiger partial charge in [0.05, 0.1) is 10.2 Å². The number of hydrogen-bond acceptors (Lipinski definition) is 2. The quantitative estimate of drug-likeness (QED) is 0.590. The van der Waals surface area contributed by atoms with Gasteiger partial charge in [-0.05, 0) is 29.8 Å². The lowest BCUT2D eigenvalue weighted by atomic mass is 10.1. The summed E-state index contributed by atoms with van der Waals surface area (Å²) < 4.78 is 2.53. The number of thiophene rings is 1. The van der Waals surface area contributed by atoms with Gasteiger partial charge in [0.2, 0.25) is 0 Å². The zero-order valence-corrected chi connectivity index (χ0v) is 8.92. The molecule has 1 aromatic carbocycles. The summed E-state index contributed by atoms with van der Waals surface area (Å²) in [5, 5.41) is 1.23. The second-order valence-corrected chi connectivity index (χ2v) is 4.50. The van der Waals surface area contributed by atoms with Crippen LogP contribution in [0.2, 0.25) is 0 Å². The van der Waals surface area contributed by atoms with Crippen molar-refractivity contribution in [3.05, 3.63) is 48.7 Å². The molecule has 0 amide bonds. The van der Waals surface area contributed by atoms with E-state index in [4.69, 9.17) is 0 Å². The van der Waals surface area contributed by atoms with Crippen LogP contribution in [0.4, 0.5) is 0 Å². The van der Waals surface area contributed by atoms with Gasteiger partial charge in [-0.25, -0.2) is 0 Å². The number of rotatable bonds is 1. The highest BCUT2D eigenvalue weighted by molar-refractivity contribution is 7.25. The van der Waals surface area contributed by atoms with Crippen molar-refractivity contribution in [1.82, 2.24) is 4.98 Å². The Kier molecular flexibility index (Phi) is 1.82. The van der Waals surface area contributed by atoms with Crippen LogP contribution in [0.25, 0.3) is 26.4 Å². The van der Waals surface area contributed by atoms with E-state index in [0.29, 0.717) is 0 Å². The van der Waals surface area contributed by atoms with Gasteiger partial charge < -0.3 is 0 Å². The molecule has 3 aromatic rings. The van der Waals surface area contributed by atoms with Gasteiger partial charge in [0.25, 0.3) is 0 Å². The normalized spacial score (nSPS) is 10.9. The van der Waals surface area contributed by atoms with Gasteiger partial charge in [-0.1, -0.05) is 18.7 Å². The highest BCUT2D eigenvalue weighted by atomic mass is 32.1. The first-order valence-corrected chi connectivity index (χ1v) is 5.60. The predicted octanol–water partition coefficient (Wildman–Crippen LogP) is 4.09. The van der Waals surface area contributed by atoms with Gasteiger partial charge in [-0.3, -0.25) is 4.98 Å². The van der Waals surface area contributed by atoms with Crippen LogP contribution >= 0.6 is 11.3 Å². The van der Waals surface area contributed by atoms with Gasteiger partial charge in [-0.15, -0.1) is 11.3 Å². The first-order chi connectivity index (χ1) is 7.38. The molecule has 0 N–H and O–H groups in total. The van der Waals surface area contributed by atoms with E-state index >= 15 is 0 Å². The molecule has 0 saturated carbocycles. The lowest BCUT2D eigenvalue weighted by Crippen LogP contribution is -1.73. The molecule has 0 saturated heterocycles. The minimum atomic E-state index is 1.10. The Morgan fingerprint density at radius 2 is 2.13 bits per heavy atom. The summed E-state index contributed by atoms with van der Waals surface area (Å²) in [6, 6.07) is 10.5. The van der Waals surface area contributed by atoms with Gasteiger partial charge in [0.15, 0.2) is 0 Å². The maximum absolute atomic E-state index is 4.42. The number of aromatic nitrogens is 1. The summed E-state index contributed by atoms with van der Waals surface area (Å²) in [5.74, 6) is 0. The molecule has 0 unspecified atom stereocenters. The second kappa shape index (κ2) is 3.17. The fourth-order valence-electron chi connectivity index (χ4n) is 1.74. The van der Waals surface area contributed by atoms with Crippen molar-refractivity contribution < 1.29 is 0 Å². The number of fused-ring (bicyclic) bond motifs is 3. The largest absolute Gasteiger partial charge is 0.255 e. The van der Waals surface area contributed by atoms with Crippen molar-refractivity contribution in [2.24, 2.45) is 0 Å². The first-order valence-electron chi connectivity index (χ1n) is 4.78. The van der Waals surface area contributed by atoms with Crippen molar-refractivity contribution in [1.29, 1.82) is 0 Å². The third kappa shape index (κ3) is 1.26. The molecular weight excluding hydrogens is 202 g/mol. The van der Waals surface area contributed by atoms with E-state index in [1.165, 1.54) is 14.8 Å². The average Bonchev–Trinajstić information content (AvgIpc) is 2.66. The first kappa shape index (κ1) is 8.62. The molecule has 0 aliphatic rings. The van der Waals surface area contributed by atoms with Crippen molar-refractivity contribution in [3.8, 4) is 0 Å². The Hall–Kier alpha value is -1.67. The summed E-state index contributed by atoms with van der Waals surface area (Å²) in [6.07, 6.45) is 3.71. The molecule has 0 aliphatic heterocycles. The van der Waals surface area contributed by atoms with E-state index in [0.717, 1.165) is 11.1 Å². The van der Waals surface area contributed by atoms with E-state index in [1.54, 1.807) is 11.3 Å². The molecule has 0 radical (unpaired) electrons. The highest BCUT2D eigenvalue weighted by Crippen LogP contribution is 2.32. The van der Waals surface area contributed by atoms with Crippen LogP contribution < -0.4 is 0 Å². The molecule has 2 aromatic heterocycles. The van der Waals surface area contributed by atoms with Gasteiger partial charge in [0.1, 0.15) is 0 Å². The zero-order valence-electron chi connectivity index (χ0n) is 8.10. The Bertz CT molecular complexity index is 652. The van der Waals surface area contributed by atoms with Crippen LogP contribution in [-0.4, -0.2) is 4.98 Å². The molecule has 1 nitrogen and oxygen atoms in total. The molecule has 15 heavy (non-hydrogen) atoms. The lowest BCUT2D eigenvalue weighted by molar-refractivity contribution is 1.44. The standard InChI is InChI=1S/C13H9NS/c1-2-9-5-6-11-10(8-9)13-12(15-11)4-3-7-14-13/h2-8H,1H2. The Morgan fingerprint density at radius 1 is 1.20 bits per heavy atom. The Balaban J connectivity index is 2.51. The van der Waals surface area contributed by atoms with Crippen LogP contribution in [-0.2, 0) is 0 Å². The third-order valence-corrected chi connectivity index (χ3v) is 3.61. The van der Waals surface area contributed by atoms with Crippen molar-refractivity contribution >= 4 is 37.7 Å². The van der Waals surface area contributed by atoms with E-state index in [9.17, 15) is 0 Å². The molecule has 2 heterocycles. The van der Waals surface area contributed by atoms with Crippen LogP contribution in [0.3, 0.4) is 0 Å². The fraction of sp³-hybridized carbons (Fsp3) is 0. The highest BCUT2D eigenvalue weighted by Gasteiger charge is 2.04. The van der Waals surface area contributed by atoms with Gasteiger partial charge in [-0.2, -0.15) is 0 Å². The van der Waals surface area contributed by atoms with Crippen molar-refractivity contribution in [2.45, 2.75) is 0 Å². The molecule has 2 heteroatoms. The van der Waals surface area contributed by atoms with E-state index in [1.807, 2.05) is 18.3 Å². The Labute approximate surface area is 91.7 Å². The van der Waals surface area contributed by atoms with E-state index < -0.39 is 0 Å². The van der Waals surface area contributed by atoms with Crippen LogP contribution in [0.1, 0.15) is 5.56 Å². The average molecular weight is 211 g/mol. The number of pyridine rings is 1. The minimum absolute atomic E-state index is 1.10. The zero-order chi connectivity index (χ0) is 10.3. The smallest absolute Gasteiger partial charge is 0.0888 e. The molecule has 3 rings (SSSR count). The topological polar surface area (TPSA) is 12.9 Å². The second-order valence-electron chi connectivity index (χ2n) is 3.41. The predicted molar refractivity (Wildman–Crippen MR) is 67.2 cm³/mol. The maximum atomic E-state index is 4.42. The Morgan fingerprint density at radius 3 is 3.00 bits per heavy atom. The van der Waals surface area contributed by atoms with E-state index in [2.05, 4.69) is 35.8 Å². The summed E-state index contributed by atoms with van der Waals surface area (Å²) in [6.45, 7) is 3.79. The molecule has 0 spiro atoms. The number of hydrogen-bond donors (Lipinski definition) is 0. The lowest BCUT2D eigenvalue weighted by Gasteiger charge is -1.93. The van der Waals surface area contributed by atoms with Crippen LogP contribution in [0, 0.1) is 0 Å². The van der Waals surface area contributed by atoms with Crippen LogP contribution in [0.5, 0.6) is 0 Å². The SMILES string of the molecule is C=Cc1ccc2sc3cccnc3c2c1. The number of nitrogens with zero attached hydrogens (tertiary/aromatic N) is 1. The fourth-order valence-corrected chi connectivity index (χ4v) is 2.79. The van der Waals surface area contributed by atoms with E-state index in [-0.39, 0.29) is 0 Å². The monoisotopic (exact) mass is 211 g/mol. The molecule has 0 atom stereocenters. The van der Waals surface area contributed by atoms with Crippen molar-refractivity contribution in [2.75, 3.05) is 0 Å². The summed E-state index contributed by atoms with van der Waals surface area (Å²) in [4.78, 5) is 4.42. The van der Waals surface area contributed by atoms with Crippen LogP contribution in [0.15, 0.2) is 43.1 Å².